The van der Waals surface area contributed by atoms with Gasteiger partial charge in [-0.05, 0) is 140 Å². The molecule has 0 fully saturated rings. The highest BCUT2D eigenvalue weighted by Gasteiger charge is 2.35. The van der Waals surface area contributed by atoms with Crippen molar-refractivity contribution in [1.29, 1.82) is 0 Å². The molecule has 0 aromatic heterocycles. The summed E-state index contributed by atoms with van der Waals surface area (Å²) < 4.78 is 0. The van der Waals surface area contributed by atoms with Crippen molar-refractivity contribution in [2.75, 3.05) is 4.90 Å². The summed E-state index contributed by atoms with van der Waals surface area (Å²) in [6, 6.07) is 84.4. The first kappa shape index (κ1) is 45.2. The fourth-order valence-corrected chi connectivity index (χ4v) is 11.6. The number of para-hydroxylation sites is 2. The van der Waals surface area contributed by atoms with Crippen LogP contribution < -0.4 is 4.90 Å². The maximum Gasteiger partial charge on any atom is 0.0540 e. The molecule has 0 heterocycles. The second-order valence-electron chi connectivity index (χ2n) is 22.5. The van der Waals surface area contributed by atoms with Gasteiger partial charge in [-0.2, -0.15) is 0 Å². The summed E-state index contributed by atoms with van der Waals surface area (Å²) in [6.07, 6.45) is 0. The Morgan fingerprint density at radius 1 is 0.319 bits per heavy atom. The highest BCUT2D eigenvalue weighted by molar-refractivity contribution is 6.14. The van der Waals surface area contributed by atoms with Crippen molar-refractivity contribution >= 4 is 49.4 Å². The van der Waals surface area contributed by atoms with E-state index < -0.39 is 0 Å². The largest absolute Gasteiger partial charge is 0.309 e. The SMILES string of the molecule is CC(C)(C)c1cc(-c2cccc3cccc(-c4ccccc4N(c4ccc(-c5ccc6c(c5)C(C)(C)c5ccccc5-6)cc4)c4ccccc4-c4cccc5c4ccc4ccccc45)c23)cc(C(C)(C)C)c1. The normalized spacial score (nSPS) is 13.1. The number of fused-ring (bicyclic) bond motifs is 7. The molecule has 0 saturated heterocycles. The Balaban J connectivity index is 1.07. The van der Waals surface area contributed by atoms with Gasteiger partial charge in [-0.3, -0.25) is 0 Å². The Morgan fingerprint density at radius 2 is 0.833 bits per heavy atom. The standard InChI is InChI=1S/C71H61N/c1-69(2,3)51-42-50(43-52(45-51)70(4,5)6)55-27-17-21-48-22-18-30-63(68(48)55)62-26-13-16-33-67(62)72(66-32-15-12-25-61(66)57-29-19-28-56-54-23-10-9-20-47(54)36-40-58(56)57)53-38-34-46(35-39-53)49-37-41-60-59-24-11-14-31-64(59)71(7,8)65(60)44-49/h9-45H,1-8H3. The van der Waals surface area contributed by atoms with Crippen LogP contribution in [-0.2, 0) is 16.2 Å². The first-order valence-corrected chi connectivity index (χ1v) is 25.7. The number of benzene rings is 11. The maximum atomic E-state index is 2.51. The third kappa shape index (κ3) is 7.62. The third-order valence-corrected chi connectivity index (χ3v) is 15.6. The summed E-state index contributed by atoms with van der Waals surface area (Å²) in [5.74, 6) is 0. The van der Waals surface area contributed by atoms with Gasteiger partial charge in [-0.1, -0.05) is 250 Å². The lowest BCUT2D eigenvalue weighted by atomic mass is 9.78. The number of anilines is 3. The monoisotopic (exact) mass is 927 g/mol. The van der Waals surface area contributed by atoms with Crippen LogP contribution in [0, 0.1) is 0 Å². The average Bonchev–Trinajstić information content (AvgIpc) is 3.63. The van der Waals surface area contributed by atoms with Crippen LogP contribution in [0.15, 0.2) is 224 Å². The molecule has 0 spiro atoms. The summed E-state index contributed by atoms with van der Waals surface area (Å²) in [5, 5.41) is 7.48. The average molecular weight is 928 g/mol. The molecule has 0 bridgehead atoms. The minimum Gasteiger partial charge on any atom is -0.309 e. The molecular formula is C71H61N. The van der Waals surface area contributed by atoms with E-state index in [2.05, 4.69) is 285 Å². The van der Waals surface area contributed by atoms with Gasteiger partial charge >= 0.3 is 0 Å². The number of rotatable bonds is 7. The summed E-state index contributed by atoms with van der Waals surface area (Å²) in [5.41, 5.74) is 21.0. The third-order valence-electron chi connectivity index (χ3n) is 15.6. The zero-order chi connectivity index (χ0) is 49.5. The molecule has 1 heteroatoms. The van der Waals surface area contributed by atoms with Crippen LogP contribution in [0.3, 0.4) is 0 Å². The van der Waals surface area contributed by atoms with Crippen LogP contribution in [0.2, 0.25) is 0 Å². The molecule has 1 aliphatic rings. The summed E-state index contributed by atoms with van der Waals surface area (Å²) >= 11 is 0. The van der Waals surface area contributed by atoms with Gasteiger partial charge in [0.2, 0.25) is 0 Å². The number of hydrogen-bond donors (Lipinski definition) is 0. The van der Waals surface area contributed by atoms with Crippen molar-refractivity contribution in [2.45, 2.75) is 71.6 Å². The maximum absolute atomic E-state index is 2.51. The molecule has 1 aliphatic carbocycles. The van der Waals surface area contributed by atoms with E-state index in [4.69, 9.17) is 0 Å². The number of hydrogen-bond acceptors (Lipinski definition) is 1. The Hall–Kier alpha value is -8.00. The van der Waals surface area contributed by atoms with Crippen molar-refractivity contribution in [3.05, 3.63) is 247 Å². The zero-order valence-corrected chi connectivity index (χ0v) is 42.8. The molecule has 0 amide bonds. The van der Waals surface area contributed by atoms with Crippen LogP contribution in [0.25, 0.3) is 88.0 Å². The minimum atomic E-state index is -0.0776. The first-order valence-electron chi connectivity index (χ1n) is 25.7. The molecule has 0 atom stereocenters. The summed E-state index contributed by atoms with van der Waals surface area (Å²) in [6.45, 7) is 18.7. The Morgan fingerprint density at radius 3 is 1.53 bits per heavy atom. The van der Waals surface area contributed by atoms with Crippen LogP contribution in [0.5, 0.6) is 0 Å². The van der Waals surface area contributed by atoms with Gasteiger partial charge in [0.25, 0.3) is 0 Å². The quantitative estimate of drug-likeness (QED) is 0.144. The van der Waals surface area contributed by atoms with Crippen LogP contribution >= 0.6 is 0 Å². The molecule has 0 N–H and O–H groups in total. The molecule has 350 valence electrons. The van der Waals surface area contributed by atoms with E-state index in [0.717, 1.165) is 17.1 Å². The molecule has 72 heavy (non-hydrogen) atoms. The first-order chi connectivity index (χ1) is 34.7. The van der Waals surface area contributed by atoms with Crippen LogP contribution in [-0.4, -0.2) is 0 Å². The van der Waals surface area contributed by atoms with Crippen LogP contribution in [0.4, 0.5) is 17.1 Å². The van der Waals surface area contributed by atoms with Gasteiger partial charge in [0.1, 0.15) is 0 Å². The van der Waals surface area contributed by atoms with Gasteiger partial charge in [0, 0.05) is 22.2 Å². The lowest BCUT2D eigenvalue weighted by Gasteiger charge is -2.31. The molecule has 1 nitrogen and oxygen atoms in total. The topological polar surface area (TPSA) is 3.24 Å². The lowest BCUT2D eigenvalue weighted by Crippen LogP contribution is -2.16. The smallest absolute Gasteiger partial charge is 0.0540 e. The predicted molar refractivity (Wildman–Crippen MR) is 310 cm³/mol. The zero-order valence-electron chi connectivity index (χ0n) is 42.8. The Bertz CT molecular complexity index is 3870. The van der Waals surface area contributed by atoms with E-state index in [-0.39, 0.29) is 16.2 Å². The molecular weight excluding hydrogens is 867 g/mol. The lowest BCUT2D eigenvalue weighted by molar-refractivity contribution is 0.569. The van der Waals surface area contributed by atoms with Crippen molar-refractivity contribution in [3.63, 3.8) is 0 Å². The predicted octanol–water partition coefficient (Wildman–Crippen LogP) is 20.2. The highest BCUT2D eigenvalue weighted by atomic mass is 15.1. The van der Waals surface area contributed by atoms with Crippen molar-refractivity contribution in [3.8, 4) is 55.6 Å². The van der Waals surface area contributed by atoms with E-state index in [9.17, 15) is 0 Å². The fourth-order valence-electron chi connectivity index (χ4n) is 11.6. The molecule has 0 aliphatic heterocycles. The van der Waals surface area contributed by atoms with Gasteiger partial charge in [-0.15, -0.1) is 0 Å². The molecule has 11 aromatic rings. The molecule has 0 saturated carbocycles. The molecule has 0 radical (unpaired) electrons. The van der Waals surface area contributed by atoms with Crippen molar-refractivity contribution in [1.82, 2.24) is 0 Å². The van der Waals surface area contributed by atoms with Gasteiger partial charge in [0.05, 0.1) is 11.4 Å². The van der Waals surface area contributed by atoms with E-state index in [1.165, 1.54) is 110 Å². The second kappa shape index (κ2) is 17.1. The summed E-state index contributed by atoms with van der Waals surface area (Å²) in [7, 11) is 0. The van der Waals surface area contributed by atoms with Crippen LogP contribution in [0.1, 0.15) is 77.6 Å². The Labute approximate surface area is 426 Å². The summed E-state index contributed by atoms with van der Waals surface area (Å²) in [4.78, 5) is 2.51. The number of nitrogens with zero attached hydrogens (tertiary/aromatic N) is 1. The highest BCUT2D eigenvalue weighted by Crippen LogP contribution is 2.51. The van der Waals surface area contributed by atoms with Gasteiger partial charge < -0.3 is 4.90 Å². The molecule has 0 unspecified atom stereocenters. The Kier molecular flexibility index (Phi) is 10.7. The van der Waals surface area contributed by atoms with E-state index >= 15 is 0 Å². The van der Waals surface area contributed by atoms with E-state index in [1.54, 1.807) is 0 Å². The molecule has 11 aromatic carbocycles. The van der Waals surface area contributed by atoms with E-state index in [1.807, 2.05) is 0 Å². The molecule has 12 rings (SSSR count). The van der Waals surface area contributed by atoms with E-state index in [0.29, 0.717) is 0 Å². The van der Waals surface area contributed by atoms with Crippen molar-refractivity contribution in [2.24, 2.45) is 0 Å². The van der Waals surface area contributed by atoms with Gasteiger partial charge in [-0.25, -0.2) is 0 Å². The minimum absolute atomic E-state index is 0.0143. The second-order valence-corrected chi connectivity index (χ2v) is 22.5. The fraction of sp³-hybridized carbons (Fsp3) is 0.155. The van der Waals surface area contributed by atoms with Crippen molar-refractivity contribution < 1.29 is 0 Å². The van der Waals surface area contributed by atoms with Gasteiger partial charge in [0.15, 0.2) is 0 Å².